The summed E-state index contributed by atoms with van der Waals surface area (Å²) in [5.74, 6) is 1.54. The zero-order valence-corrected chi connectivity index (χ0v) is 16.2. The molecule has 0 amide bonds. The van der Waals surface area contributed by atoms with Crippen LogP contribution in [0.2, 0.25) is 0 Å². The number of nitrogens with one attached hydrogen (secondary N) is 1. The smallest absolute Gasteiger partial charge is 0.166 e. The van der Waals surface area contributed by atoms with Gasteiger partial charge in [0.2, 0.25) is 0 Å². The second-order valence-corrected chi connectivity index (χ2v) is 7.59. The van der Waals surface area contributed by atoms with Crippen molar-refractivity contribution < 1.29 is 5.11 Å². The molecule has 8 nitrogen and oxygen atoms in total. The first kappa shape index (κ1) is 17.8. The lowest BCUT2D eigenvalue weighted by molar-refractivity contribution is 0.124. The van der Waals surface area contributed by atoms with Gasteiger partial charge >= 0.3 is 0 Å². The van der Waals surface area contributed by atoms with Gasteiger partial charge in [-0.25, -0.2) is 19.6 Å². The molecule has 2 unspecified atom stereocenters. The van der Waals surface area contributed by atoms with Crippen molar-refractivity contribution in [3.63, 3.8) is 0 Å². The molecule has 1 aliphatic rings. The van der Waals surface area contributed by atoms with E-state index in [0.717, 1.165) is 59.9 Å². The molecular formula is C21H23N7O. The van der Waals surface area contributed by atoms with E-state index in [1.807, 2.05) is 48.0 Å². The van der Waals surface area contributed by atoms with Gasteiger partial charge in [-0.2, -0.15) is 5.10 Å². The number of nitrogens with zero attached hydrogens (tertiary/aromatic N) is 6. The van der Waals surface area contributed by atoms with E-state index in [4.69, 9.17) is 4.98 Å². The van der Waals surface area contributed by atoms with Crippen molar-refractivity contribution in [3.8, 4) is 11.5 Å². The largest absolute Gasteiger partial charge is 0.393 e. The van der Waals surface area contributed by atoms with Crippen molar-refractivity contribution in [3.05, 3.63) is 54.7 Å². The highest BCUT2D eigenvalue weighted by Gasteiger charge is 2.20. The highest BCUT2D eigenvalue weighted by atomic mass is 16.3. The molecule has 0 saturated heterocycles. The lowest BCUT2D eigenvalue weighted by atomic mass is 9.93. The van der Waals surface area contributed by atoms with E-state index in [1.165, 1.54) is 0 Å². The van der Waals surface area contributed by atoms with Gasteiger partial charge in [-0.3, -0.25) is 4.57 Å². The van der Waals surface area contributed by atoms with Gasteiger partial charge in [-0.15, -0.1) is 0 Å². The number of aliphatic hydroxyl groups is 1. The molecule has 4 heterocycles. The Balaban J connectivity index is 1.47. The molecule has 0 spiro atoms. The second kappa shape index (κ2) is 7.29. The summed E-state index contributed by atoms with van der Waals surface area (Å²) in [6.07, 6.45) is 8.94. The van der Waals surface area contributed by atoms with Gasteiger partial charge in [-0.1, -0.05) is 0 Å². The number of aromatic nitrogens is 6. The lowest BCUT2D eigenvalue weighted by Gasteiger charge is -2.27. The standard InChI is InChI=1S/C21H23N7O/c1-14-8-10-28(26-14)20-12-16(7-9-22-20)27-13-23-18-5-6-19(25-21(18)27)24-15-3-2-4-17(29)11-15/h5-10,12-13,15,17,29H,2-4,11H2,1H3,(H,24,25). The van der Waals surface area contributed by atoms with Gasteiger partial charge in [0.25, 0.3) is 0 Å². The van der Waals surface area contributed by atoms with Crippen LogP contribution < -0.4 is 5.32 Å². The number of aryl methyl sites for hydroxylation is 1. The molecule has 29 heavy (non-hydrogen) atoms. The molecule has 0 aromatic carbocycles. The summed E-state index contributed by atoms with van der Waals surface area (Å²) in [7, 11) is 0. The molecular weight excluding hydrogens is 366 g/mol. The van der Waals surface area contributed by atoms with Crippen molar-refractivity contribution >= 4 is 17.0 Å². The number of fused-ring (bicyclic) bond motifs is 1. The first-order chi connectivity index (χ1) is 14.2. The quantitative estimate of drug-likeness (QED) is 0.557. The van der Waals surface area contributed by atoms with Gasteiger partial charge < -0.3 is 10.4 Å². The maximum absolute atomic E-state index is 9.92. The molecule has 0 aliphatic heterocycles. The predicted molar refractivity (Wildman–Crippen MR) is 110 cm³/mol. The first-order valence-corrected chi connectivity index (χ1v) is 9.93. The fourth-order valence-corrected chi connectivity index (χ4v) is 3.89. The molecule has 5 rings (SSSR count). The number of aliphatic hydroxyl groups excluding tert-OH is 1. The van der Waals surface area contributed by atoms with E-state index in [2.05, 4.69) is 20.4 Å². The van der Waals surface area contributed by atoms with E-state index in [1.54, 1.807) is 17.2 Å². The third-order valence-electron chi connectivity index (χ3n) is 5.36. The van der Waals surface area contributed by atoms with Crippen LogP contribution in [-0.4, -0.2) is 46.6 Å². The SMILES string of the molecule is Cc1ccn(-c2cc(-n3cnc4ccc(NC5CCCC(O)C5)nc43)ccn2)n1. The van der Waals surface area contributed by atoms with Crippen molar-refractivity contribution in [1.29, 1.82) is 0 Å². The molecule has 2 N–H and O–H groups in total. The third kappa shape index (κ3) is 3.58. The maximum Gasteiger partial charge on any atom is 0.166 e. The van der Waals surface area contributed by atoms with Crippen LogP contribution in [0.25, 0.3) is 22.7 Å². The molecule has 4 aromatic heterocycles. The van der Waals surface area contributed by atoms with Crippen LogP contribution in [0.3, 0.4) is 0 Å². The molecule has 8 heteroatoms. The molecule has 0 radical (unpaired) electrons. The van der Waals surface area contributed by atoms with E-state index in [0.29, 0.717) is 0 Å². The van der Waals surface area contributed by atoms with E-state index in [-0.39, 0.29) is 12.1 Å². The fourth-order valence-electron chi connectivity index (χ4n) is 3.89. The molecule has 2 atom stereocenters. The normalized spacial score (nSPS) is 19.5. The van der Waals surface area contributed by atoms with Gasteiger partial charge in [0, 0.05) is 24.5 Å². The van der Waals surface area contributed by atoms with Crippen LogP contribution in [0.4, 0.5) is 5.82 Å². The van der Waals surface area contributed by atoms with Crippen molar-refractivity contribution in [2.75, 3.05) is 5.32 Å². The summed E-state index contributed by atoms with van der Waals surface area (Å²) in [6, 6.07) is 10.0. The molecule has 0 bridgehead atoms. The third-order valence-corrected chi connectivity index (χ3v) is 5.36. The first-order valence-electron chi connectivity index (χ1n) is 9.93. The Labute approximate surface area is 168 Å². The van der Waals surface area contributed by atoms with Gasteiger partial charge in [0.05, 0.1) is 17.5 Å². The summed E-state index contributed by atoms with van der Waals surface area (Å²) in [5, 5.41) is 17.8. The Hall–Kier alpha value is -3.26. The van der Waals surface area contributed by atoms with Crippen LogP contribution >= 0.6 is 0 Å². The Morgan fingerprint density at radius 1 is 1.14 bits per heavy atom. The fraction of sp³-hybridized carbons (Fsp3) is 0.333. The highest BCUT2D eigenvalue weighted by molar-refractivity contribution is 5.75. The van der Waals surface area contributed by atoms with Gasteiger partial charge in [0.15, 0.2) is 11.5 Å². The number of imidazole rings is 1. The minimum atomic E-state index is -0.225. The lowest BCUT2D eigenvalue weighted by Crippen LogP contribution is -2.30. The van der Waals surface area contributed by atoms with E-state index < -0.39 is 0 Å². The van der Waals surface area contributed by atoms with Crippen molar-refractivity contribution in [2.24, 2.45) is 0 Å². The number of pyridine rings is 2. The summed E-state index contributed by atoms with van der Waals surface area (Å²) in [6.45, 7) is 1.95. The maximum atomic E-state index is 9.92. The number of hydrogen-bond acceptors (Lipinski definition) is 6. The van der Waals surface area contributed by atoms with Crippen LogP contribution in [0, 0.1) is 6.92 Å². The van der Waals surface area contributed by atoms with Crippen molar-refractivity contribution in [2.45, 2.75) is 44.8 Å². The number of rotatable bonds is 4. The number of hydrogen-bond donors (Lipinski definition) is 2. The average molecular weight is 389 g/mol. The summed E-state index contributed by atoms with van der Waals surface area (Å²) >= 11 is 0. The molecule has 1 fully saturated rings. The molecule has 1 aliphatic carbocycles. The van der Waals surface area contributed by atoms with Gasteiger partial charge in [-0.05, 0) is 56.9 Å². The van der Waals surface area contributed by atoms with Crippen LogP contribution in [0.15, 0.2) is 49.1 Å². The van der Waals surface area contributed by atoms with Crippen LogP contribution in [-0.2, 0) is 0 Å². The molecule has 1 saturated carbocycles. The zero-order chi connectivity index (χ0) is 19.8. The highest BCUT2D eigenvalue weighted by Crippen LogP contribution is 2.24. The predicted octanol–water partition coefficient (Wildman–Crippen LogP) is 3.03. The van der Waals surface area contributed by atoms with Gasteiger partial charge in [0.1, 0.15) is 17.7 Å². The second-order valence-electron chi connectivity index (χ2n) is 7.59. The Morgan fingerprint density at radius 3 is 2.90 bits per heavy atom. The van der Waals surface area contributed by atoms with Crippen molar-refractivity contribution in [1.82, 2.24) is 29.3 Å². The monoisotopic (exact) mass is 389 g/mol. The molecule has 4 aromatic rings. The Morgan fingerprint density at radius 2 is 2.07 bits per heavy atom. The van der Waals surface area contributed by atoms with Crippen LogP contribution in [0.5, 0.6) is 0 Å². The number of anilines is 1. The van der Waals surface area contributed by atoms with Crippen LogP contribution in [0.1, 0.15) is 31.4 Å². The Kier molecular flexibility index (Phi) is 4.48. The zero-order valence-electron chi connectivity index (χ0n) is 16.2. The average Bonchev–Trinajstić information content (AvgIpc) is 3.34. The molecule has 148 valence electrons. The summed E-state index contributed by atoms with van der Waals surface area (Å²) in [5.41, 5.74) is 3.46. The minimum absolute atomic E-state index is 0.225. The summed E-state index contributed by atoms with van der Waals surface area (Å²) in [4.78, 5) is 13.7. The Bertz CT molecular complexity index is 1150. The van der Waals surface area contributed by atoms with E-state index >= 15 is 0 Å². The summed E-state index contributed by atoms with van der Waals surface area (Å²) < 4.78 is 3.71. The minimum Gasteiger partial charge on any atom is -0.393 e. The van der Waals surface area contributed by atoms with E-state index in [9.17, 15) is 5.11 Å². The topological polar surface area (TPSA) is 93.7 Å².